The maximum atomic E-state index is 15.3. The van der Waals surface area contributed by atoms with Crippen LogP contribution in [0.1, 0.15) is 105 Å². The Morgan fingerprint density at radius 3 is 2.16 bits per heavy atom. The first-order valence-electron chi connectivity index (χ1n) is 16.2. The topological polar surface area (TPSA) is 88.5 Å². The van der Waals surface area contributed by atoms with E-state index in [1.807, 2.05) is 32.9 Å². The van der Waals surface area contributed by atoms with Crippen LogP contribution in [0.5, 0.6) is 0 Å². The maximum Gasteiger partial charge on any atom is 0.184 e. The van der Waals surface area contributed by atoms with E-state index in [2.05, 4.69) is 33.8 Å². The average molecular weight is 587 g/mol. The van der Waals surface area contributed by atoms with Gasteiger partial charge in [-0.1, -0.05) is 81.3 Å². The first kappa shape index (κ1) is 31.8. The fourth-order valence-corrected chi connectivity index (χ4v) is 10.2. The van der Waals surface area contributed by atoms with E-state index in [1.54, 1.807) is 38.1 Å². The van der Waals surface area contributed by atoms with Crippen molar-refractivity contribution >= 4 is 23.1 Å². The van der Waals surface area contributed by atoms with Crippen molar-refractivity contribution in [3.8, 4) is 0 Å². The summed E-state index contributed by atoms with van der Waals surface area (Å²) in [6.45, 7) is 17.7. The van der Waals surface area contributed by atoms with Gasteiger partial charge in [0.2, 0.25) is 0 Å². The number of carbonyl (C=O) groups is 4. The second-order valence-electron chi connectivity index (χ2n) is 15.9. The summed E-state index contributed by atoms with van der Waals surface area (Å²) in [7, 11) is 0. The van der Waals surface area contributed by atoms with E-state index >= 15 is 14.4 Å². The molecule has 5 nitrogen and oxygen atoms in total. The highest BCUT2D eigenvalue weighted by Crippen LogP contribution is 2.79. The van der Waals surface area contributed by atoms with Gasteiger partial charge in [0.25, 0.3) is 0 Å². The van der Waals surface area contributed by atoms with E-state index in [0.717, 1.165) is 18.4 Å². The molecule has 0 unspecified atom stereocenters. The molecule has 1 aromatic rings. The Bertz CT molecular complexity index is 1420. The number of Topliss-reactive ketones (excluding diaryl/α,β-unsaturated/α-hetero) is 4. The standard InChI is InChI=1S/C38H50O5/c1-22(2)14-13-15-24(5)18-19-36-21-27-29-28(35(8,9)43)26(23(3)4)20-37(29,31(36)40)33(42)38(32(36)41,34(27,6)7)30(39)25-16-11-10-12-17-25/h10-12,14,16-18,23,26-29,43H,13,15,19-21H2,1-9H3/b24-18+/t26-,27-,28-,29-,36-,37+,38-/m0/s1. The van der Waals surface area contributed by atoms with Crippen molar-refractivity contribution < 1.29 is 24.3 Å². The summed E-state index contributed by atoms with van der Waals surface area (Å²) in [5.41, 5.74) is -4.31. The SMILES string of the molecule is CC(C)=CCC/C(C)=C/C[C@]12C[C@H]3[C@H]4[C@@H](C(C)(C)O)[C@H](C(C)C)C[C@@]4(C1=O)C(=O)[C@](C(=O)c1ccccc1)(C2=O)C3(C)C. The van der Waals surface area contributed by atoms with Gasteiger partial charge in [0.1, 0.15) is 0 Å². The average Bonchev–Trinajstić information content (AvgIpc) is 3.30. The number of aliphatic hydroxyl groups is 1. The van der Waals surface area contributed by atoms with Gasteiger partial charge in [0.05, 0.1) is 16.4 Å². The van der Waals surface area contributed by atoms with Crippen LogP contribution < -0.4 is 0 Å². The lowest BCUT2D eigenvalue weighted by Gasteiger charge is -2.71. The summed E-state index contributed by atoms with van der Waals surface area (Å²) in [5, 5.41) is 11.6. The second kappa shape index (κ2) is 10.2. The number of rotatable bonds is 9. The van der Waals surface area contributed by atoms with Gasteiger partial charge in [-0.2, -0.15) is 0 Å². The van der Waals surface area contributed by atoms with E-state index in [0.29, 0.717) is 12.0 Å². The highest BCUT2D eigenvalue weighted by Gasteiger charge is 2.89. The fourth-order valence-electron chi connectivity index (χ4n) is 10.2. The summed E-state index contributed by atoms with van der Waals surface area (Å²) >= 11 is 0. The van der Waals surface area contributed by atoms with Gasteiger partial charge in [0.15, 0.2) is 28.5 Å². The molecule has 0 saturated heterocycles. The molecule has 0 heterocycles. The largest absolute Gasteiger partial charge is 0.390 e. The third-order valence-corrected chi connectivity index (χ3v) is 12.2. The quantitative estimate of drug-likeness (QED) is 0.185. The van der Waals surface area contributed by atoms with Crippen molar-refractivity contribution in [2.45, 2.75) is 100 Å². The van der Waals surface area contributed by atoms with E-state index in [9.17, 15) is 9.90 Å². The second-order valence-corrected chi connectivity index (χ2v) is 15.9. The van der Waals surface area contributed by atoms with Gasteiger partial charge in [-0.25, -0.2) is 0 Å². The molecule has 0 aliphatic heterocycles. The minimum Gasteiger partial charge on any atom is -0.390 e. The summed E-state index contributed by atoms with van der Waals surface area (Å²) in [6.07, 6.45) is 6.71. The molecule has 6 rings (SSSR count). The minimum atomic E-state index is -1.94. The van der Waals surface area contributed by atoms with Crippen LogP contribution in [0.15, 0.2) is 53.6 Å². The van der Waals surface area contributed by atoms with Crippen molar-refractivity contribution in [2.24, 2.45) is 51.2 Å². The molecule has 1 aromatic carbocycles. The van der Waals surface area contributed by atoms with Gasteiger partial charge >= 0.3 is 0 Å². The Balaban J connectivity index is 1.76. The first-order chi connectivity index (χ1) is 19.9. The monoisotopic (exact) mass is 586 g/mol. The maximum absolute atomic E-state index is 15.3. The zero-order valence-corrected chi connectivity index (χ0v) is 27.5. The minimum absolute atomic E-state index is 0.0934. The van der Waals surface area contributed by atoms with E-state index < -0.39 is 50.5 Å². The van der Waals surface area contributed by atoms with E-state index in [-0.39, 0.29) is 42.3 Å². The molecular weight excluding hydrogens is 536 g/mol. The van der Waals surface area contributed by atoms with Crippen molar-refractivity contribution in [3.63, 3.8) is 0 Å². The molecule has 5 saturated carbocycles. The molecule has 5 fully saturated rings. The van der Waals surface area contributed by atoms with Crippen molar-refractivity contribution in [1.29, 1.82) is 0 Å². The summed E-state index contributed by atoms with van der Waals surface area (Å²) in [6, 6.07) is 8.68. The van der Waals surface area contributed by atoms with Crippen LogP contribution in [0, 0.1) is 51.2 Å². The first-order valence-corrected chi connectivity index (χ1v) is 16.2. The number of carbonyl (C=O) groups excluding carboxylic acids is 4. The predicted molar refractivity (Wildman–Crippen MR) is 168 cm³/mol. The third kappa shape index (κ3) is 4.05. The summed E-state index contributed by atoms with van der Waals surface area (Å²) < 4.78 is 0. The van der Waals surface area contributed by atoms with Crippen molar-refractivity contribution in [2.75, 3.05) is 0 Å². The normalized spacial score (nSPS) is 36.3. The van der Waals surface area contributed by atoms with Crippen LogP contribution in [0.3, 0.4) is 0 Å². The molecule has 4 bridgehead atoms. The zero-order valence-electron chi connectivity index (χ0n) is 27.5. The Kier molecular flexibility index (Phi) is 7.52. The van der Waals surface area contributed by atoms with Gasteiger partial charge < -0.3 is 5.11 Å². The van der Waals surface area contributed by atoms with Crippen LogP contribution in [0.25, 0.3) is 0 Å². The number of allylic oxidation sites excluding steroid dienone is 4. The lowest BCUT2D eigenvalue weighted by atomic mass is 9.27. The zero-order chi connectivity index (χ0) is 31.9. The summed E-state index contributed by atoms with van der Waals surface area (Å²) in [5.74, 6) is -2.70. The van der Waals surface area contributed by atoms with Crippen molar-refractivity contribution in [1.82, 2.24) is 0 Å². The number of ketones is 4. The van der Waals surface area contributed by atoms with Gasteiger partial charge in [-0.15, -0.1) is 0 Å². The molecule has 0 amide bonds. The molecule has 7 atom stereocenters. The predicted octanol–water partition coefficient (Wildman–Crippen LogP) is 7.37. The fraction of sp³-hybridized carbons (Fsp3) is 0.632. The Hall–Kier alpha value is -2.66. The lowest BCUT2D eigenvalue weighted by Crippen LogP contribution is -2.83. The highest BCUT2D eigenvalue weighted by molar-refractivity contribution is 6.42. The van der Waals surface area contributed by atoms with E-state index in [4.69, 9.17) is 0 Å². The number of hydrogen-bond donors (Lipinski definition) is 1. The van der Waals surface area contributed by atoms with Crippen molar-refractivity contribution in [3.05, 3.63) is 59.2 Å². The van der Waals surface area contributed by atoms with Crippen LogP contribution in [-0.4, -0.2) is 33.8 Å². The lowest BCUT2D eigenvalue weighted by molar-refractivity contribution is -0.217. The smallest absolute Gasteiger partial charge is 0.184 e. The van der Waals surface area contributed by atoms with E-state index in [1.165, 1.54) is 5.57 Å². The molecule has 232 valence electrons. The Morgan fingerprint density at radius 2 is 1.60 bits per heavy atom. The molecular formula is C38H50O5. The molecule has 5 heteroatoms. The summed E-state index contributed by atoms with van der Waals surface area (Å²) in [4.78, 5) is 60.3. The molecule has 43 heavy (non-hydrogen) atoms. The molecule has 5 aliphatic rings. The van der Waals surface area contributed by atoms with Gasteiger partial charge in [-0.05, 0) is 102 Å². The Morgan fingerprint density at radius 1 is 0.977 bits per heavy atom. The Labute approximate surface area is 257 Å². The van der Waals surface area contributed by atoms with Crippen LogP contribution in [-0.2, 0) is 14.4 Å². The molecule has 0 radical (unpaired) electrons. The number of benzene rings is 1. The molecule has 1 spiro atoms. The van der Waals surface area contributed by atoms with Crippen LogP contribution in [0.2, 0.25) is 0 Å². The van der Waals surface area contributed by atoms with Gasteiger partial charge in [0, 0.05) is 5.56 Å². The van der Waals surface area contributed by atoms with Gasteiger partial charge in [-0.3, -0.25) is 19.2 Å². The number of hydrogen-bond acceptors (Lipinski definition) is 5. The third-order valence-electron chi connectivity index (χ3n) is 12.2. The molecule has 5 aliphatic carbocycles. The highest BCUT2D eigenvalue weighted by atomic mass is 16.3. The molecule has 0 aromatic heterocycles. The van der Waals surface area contributed by atoms with Crippen LogP contribution in [0.4, 0.5) is 0 Å². The molecule has 1 N–H and O–H groups in total. The van der Waals surface area contributed by atoms with Crippen LogP contribution >= 0.6 is 0 Å².